The van der Waals surface area contributed by atoms with Crippen LogP contribution >= 0.6 is 11.3 Å². The van der Waals surface area contributed by atoms with E-state index in [-0.39, 0.29) is 5.82 Å². The fourth-order valence-corrected chi connectivity index (χ4v) is 2.79. The maximum Gasteiger partial charge on any atom is 0.123 e. The lowest BCUT2D eigenvalue weighted by molar-refractivity contribution is 0.625. The maximum absolute atomic E-state index is 13.3. The Morgan fingerprint density at radius 2 is 2.10 bits per heavy atom. The number of hydrogen-bond donors (Lipinski definition) is 1. The molecule has 2 nitrogen and oxygen atoms in total. The fraction of sp³-hybridized carbons (Fsp3) is 0.118. The molecule has 0 aliphatic heterocycles. The molecule has 0 bridgehead atoms. The second-order valence-corrected chi connectivity index (χ2v) is 5.74. The summed E-state index contributed by atoms with van der Waals surface area (Å²) in [5.74, 6) is -0.200. The minimum atomic E-state index is -0.200. The van der Waals surface area contributed by atoms with E-state index < -0.39 is 0 Å². The van der Waals surface area contributed by atoms with Crippen LogP contribution in [0.1, 0.15) is 11.1 Å². The van der Waals surface area contributed by atoms with E-state index in [0.29, 0.717) is 6.54 Å². The molecular weight excluding hydrogens is 283 g/mol. The predicted molar refractivity (Wildman–Crippen MR) is 86.0 cm³/mol. The van der Waals surface area contributed by atoms with Crippen molar-refractivity contribution in [3.8, 4) is 10.6 Å². The van der Waals surface area contributed by atoms with Gasteiger partial charge < -0.3 is 5.32 Å². The summed E-state index contributed by atoms with van der Waals surface area (Å²) in [7, 11) is 0. The van der Waals surface area contributed by atoms with Crippen LogP contribution in [0, 0.1) is 12.7 Å². The third-order valence-electron chi connectivity index (χ3n) is 3.34. The van der Waals surface area contributed by atoms with Gasteiger partial charge in [-0.15, -0.1) is 11.3 Å². The van der Waals surface area contributed by atoms with Gasteiger partial charge >= 0.3 is 0 Å². The van der Waals surface area contributed by atoms with Crippen molar-refractivity contribution < 1.29 is 4.39 Å². The van der Waals surface area contributed by atoms with Crippen LogP contribution in [0.2, 0.25) is 0 Å². The topological polar surface area (TPSA) is 24.9 Å². The largest absolute Gasteiger partial charge is 0.381 e. The molecule has 4 heteroatoms. The summed E-state index contributed by atoms with van der Waals surface area (Å²) >= 11 is 1.62. The highest BCUT2D eigenvalue weighted by atomic mass is 32.1. The van der Waals surface area contributed by atoms with Crippen molar-refractivity contribution >= 4 is 17.0 Å². The van der Waals surface area contributed by atoms with Crippen molar-refractivity contribution in [3.63, 3.8) is 0 Å². The van der Waals surface area contributed by atoms with Gasteiger partial charge in [0, 0.05) is 29.4 Å². The van der Waals surface area contributed by atoms with Crippen LogP contribution < -0.4 is 5.32 Å². The maximum atomic E-state index is 13.3. The van der Waals surface area contributed by atoms with Crippen LogP contribution in [0.5, 0.6) is 0 Å². The van der Waals surface area contributed by atoms with Crippen molar-refractivity contribution in [2.75, 3.05) is 5.32 Å². The van der Waals surface area contributed by atoms with E-state index in [1.54, 1.807) is 29.7 Å². The Labute approximate surface area is 127 Å². The van der Waals surface area contributed by atoms with Crippen LogP contribution in [-0.2, 0) is 6.54 Å². The summed E-state index contributed by atoms with van der Waals surface area (Å²) in [5, 5.41) is 6.31. The summed E-state index contributed by atoms with van der Waals surface area (Å²) in [4.78, 5) is 4.31. The van der Waals surface area contributed by atoms with E-state index in [1.807, 2.05) is 30.5 Å². The second kappa shape index (κ2) is 6.06. The fourth-order valence-electron chi connectivity index (χ4n) is 2.16. The van der Waals surface area contributed by atoms with Crippen molar-refractivity contribution in [1.82, 2.24) is 4.98 Å². The Hall–Kier alpha value is -2.20. The predicted octanol–water partition coefficient (Wildman–Crippen LogP) is 4.87. The molecule has 1 N–H and O–H groups in total. The minimum absolute atomic E-state index is 0.200. The molecule has 3 rings (SSSR count). The normalized spacial score (nSPS) is 10.6. The van der Waals surface area contributed by atoms with Gasteiger partial charge in [0.05, 0.1) is 0 Å². The highest BCUT2D eigenvalue weighted by Gasteiger charge is 2.03. The van der Waals surface area contributed by atoms with Gasteiger partial charge in [0.25, 0.3) is 0 Å². The Morgan fingerprint density at radius 1 is 1.19 bits per heavy atom. The van der Waals surface area contributed by atoms with Crippen molar-refractivity contribution in [2.24, 2.45) is 0 Å². The molecule has 0 unspecified atom stereocenters. The van der Waals surface area contributed by atoms with E-state index in [0.717, 1.165) is 27.4 Å². The second-order valence-electron chi connectivity index (χ2n) is 4.84. The summed E-state index contributed by atoms with van der Waals surface area (Å²) in [6.07, 6.45) is 1.80. The lowest BCUT2D eigenvalue weighted by Gasteiger charge is -2.10. The van der Waals surface area contributed by atoms with Crippen LogP contribution in [0.4, 0.5) is 10.1 Å². The summed E-state index contributed by atoms with van der Waals surface area (Å²) in [5.41, 5.74) is 4.15. The molecule has 106 valence electrons. The molecule has 0 atom stereocenters. The number of anilines is 1. The van der Waals surface area contributed by atoms with E-state index in [2.05, 4.69) is 16.4 Å². The molecule has 0 saturated heterocycles. The zero-order valence-electron chi connectivity index (χ0n) is 11.6. The summed E-state index contributed by atoms with van der Waals surface area (Å²) in [6.45, 7) is 2.59. The van der Waals surface area contributed by atoms with Crippen molar-refractivity contribution in [3.05, 3.63) is 71.0 Å². The Bertz CT molecular complexity index is 738. The highest BCUT2D eigenvalue weighted by Crippen LogP contribution is 2.24. The van der Waals surface area contributed by atoms with E-state index in [4.69, 9.17) is 0 Å². The number of aromatic nitrogens is 1. The number of hydrogen-bond acceptors (Lipinski definition) is 3. The average Bonchev–Trinajstić information content (AvgIpc) is 3.03. The van der Waals surface area contributed by atoms with Crippen LogP contribution in [0.15, 0.2) is 54.0 Å². The molecule has 1 aromatic heterocycles. The zero-order chi connectivity index (χ0) is 14.7. The Balaban J connectivity index is 1.76. The first-order chi connectivity index (χ1) is 10.2. The highest BCUT2D eigenvalue weighted by molar-refractivity contribution is 7.13. The molecule has 0 aliphatic rings. The molecule has 3 aromatic rings. The van der Waals surface area contributed by atoms with Gasteiger partial charge in [0.1, 0.15) is 10.8 Å². The smallest absolute Gasteiger partial charge is 0.123 e. The average molecular weight is 298 g/mol. The first-order valence-electron chi connectivity index (χ1n) is 6.71. The molecule has 0 saturated carbocycles. The summed E-state index contributed by atoms with van der Waals surface area (Å²) in [6, 6.07) is 13.0. The van der Waals surface area contributed by atoms with Gasteiger partial charge in [-0.25, -0.2) is 9.37 Å². The first-order valence-corrected chi connectivity index (χ1v) is 7.59. The monoisotopic (exact) mass is 298 g/mol. The third kappa shape index (κ3) is 3.28. The molecule has 21 heavy (non-hydrogen) atoms. The first kappa shape index (κ1) is 13.8. The number of thiazole rings is 1. The van der Waals surface area contributed by atoms with Crippen molar-refractivity contribution in [1.29, 1.82) is 0 Å². The molecule has 0 fully saturated rings. The quantitative estimate of drug-likeness (QED) is 0.743. The number of aryl methyl sites for hydroxylation is 1. The van der Waals surface area contributed by atoms with Gasteiger partial charge in [-0.3, -0.25) is 0 Å². The molecule has 2 aromatic carbocycles. The van der Waals surface area contributed by atoms with E-state index in [1.165, 1.54) is 6.07 Å². The Kier molecular flexibility index (Phi) is 3.97. The molecule has 0 amide bonds. The Morgan fingerprint density at radius 3 is 2.90 bits per heavy atom. The SMILES string of the molecule is Cc1ccc(F)cc1CNc1cccc(-c2nccs2)c1. The van der Waals surface area contributed by atoms with Gasteiger partial charge in [-0.2, -0.15) is 0 Å². The van der Waals surface area contributed by atoms with Crippen LogP contribution in [-0.4, -0.2) is 4.98 Å². The zero-order valence-corrected chi connectivity index (χ0v) is 12.5. The van der Waals surface area contributed by atoms with Gasteiger partial charge in [0.2, 0.25) is 0 Å². The van der Waals surface area contributed by atoms with Crippen LogP contribution in [0.25, 0.3) is 10.6 Å². The van der Waals surface area contributed by atoms with Gasteiger partial charge in [-0.05, 0) is 42.3 Å². The van der Waals surface area contributed by atoms with Gasteiger partial charge in [-0.1, -0.05) is 18.2 Å². The molecule has 0 spiro atoms. The molecule has 0 radical (unpaired) electrons. The molecule has 1 heterocycles. The standard InChI is InChI=1S/C17H15FN2S/c1-12-5-6-15(18)9-14(12)11-20-16-4-2-3-13(10-16)17-19-7-8-21-17/h2-10,20H,11H2,1H3. The lowest BCUT2D eigenvalue weighted by Crippen LogP contribution is -2.02. The number of nitrogens with zero attached hydrogens (tertiary/aromatic N) is 1. The van der Waals surface area contributed by atoms with E-state index in [9.17, 15) is 4.39 Å². The minimum Gasteiger partial charge on any atom is -0.381 e. The lowest BCUT2D eigenvalue weighted by atomic mass is 10.1. The number of benzene rings is 2. The molecule has 0 aliphatic carbocycles. The summed E-state index contributed by atoms with van der Waals surface area (Å²) < 4.78 is 13.3. The molecular formula is C17H15FN2S. The van der Waals surface area contributed by atoms with Gasteiger partial charge in [0.15, 0.2) is 0 Å². The third-order valence-corrected chi connectivity index (χ3v) is 4.16. The number of halogens is 1. The van der Waals surface area contributed by atoms with E-state index >= 15 is 0 Å². The van der Waals surface area contributed by atoms with Crippen molar-refractivity contribution in [2.45, 2.75) is 13.5 Å². The number of rotatable bonds is 4. The number of nitrogens with one attached hydrogen (secondary N) is 1. The van der Waals surface area contributed by atoms with Crippen LogP contribution in [0.3, 0.4) is 0 Å².